The Labute approximate surface area is 127 Å². The highest BCUT2D eigenvalue weighted by atomic mass is 32.1. The van der Waals surface area contributed by atoms with Gasteiger partial charge in [0.2, 0.25) is 0 Å². The standard InChI is InChI=1S/C19H26S/c1-13-19(15-9-3-2-4-10-15)17-11-16(12-18(17)20-13)14-7-5-6-8-14/h12,14-15H,2-11H2,1H3. The number of hydrogen-bond donors (Lipinski definition) is 0. The van der Waals surface area contributed by atoms with Crippen LogP contribution < -0.4 is 0 Å². The molecule has 0 nitrogen and oxygen atoms in total. The Morgan fingerprint density at radius 2 is 1.55 bits per heavy atom. The summed E-state index contributed by atoms with van der Waals surface area (Å²) >= 11 is 2.08. The van der Waals surface area contributed by atoms with Gasteiger partial charge in [-0.25, -0.2) is 0 Å². The fourth-order valence-corrected chi connectivity index (χ4v) is 6.08. The van der Waals surface area contributed by atoms with Gasteiger partial charge in [-0.3, -0.25) is 0 Å². The van der Waals surface area contributed by atoms with E-state index in [2.05, 4.69) is 24.3 Å². The topological polar surface area (TPSA) is 0 Å². The molecule has 1 aromatic rings. The van der Waals surface area contributed by atoms with Crippen LogP contribution in [0, 0.1) is 12.8 Å². The number of aryl methyl sites for hydroxylation is 1. The maximum Gasteiger partial charge on any atom is 0.0311 e. The summed E-state index contributed by atoms with van der Waals surface area (Å²) in [6.45, 7) is 2.37. The molecule has 108 valence electrons. The van der Waals surface area contributed by atoms with Gasteiger partial charge in [0.15, 0.2) is 0 Å². The van der Waals surface area contributed by atoms with Crippen molar-refractivity contribution < 1.29 is 0 Å². The minimum absolute atomic E-state index is 0.889. The van der Waals surface area contributed by atoms with Crippen molar-refractivity contribution in [1.82, 2.24) is 0 Å². The Balaban J connectivity index is 1.61. The van der Waals surface area contributed by atoms with Crippen LogP contribution in [0.25, 0.3) is 6.08 Å². The molecule has 2 saturated carbocycles. The van der Waals surface area contributed by atoms with Gasteiger partial charge in [-0.05, 0) is 68.1 Å². The molecule has 0 N–H and O–H groups in total. The van der Waals surface area contributed by atoms with Gasteiger partial charge < -0.3 is 0 Å². The van der Waals surface area contributed by atoms with E-state index in [0.29, 0.717) is 0 Å². The van der Waals surface area contributed by atoms with Crippen molar-refractivity contribution >= 4 is 17.4 Å². The predicted octanol–water partition coefficient (Wildman–Crippen LogP) is 6.23. The third-order valence-corrected chi connectivity index (χ3v) is 6.97. The summed E-state index contributed by atoms with van der Waals surface area (Å²) in [4.78, 5) is 3.26. The van der Waals surface area contributed by atoms with E-state index in [1.54, 1.807) is 26.5 Å². The minimum Gasteiger partial charge on any atom is -0.141 e. The lowest BCUT2D eigenvalue weighted by atomic mass is 9.81. The summed E-state index contributed by atoms with van der Waals surface area (Å²) in [6.07, 6.45) is 17.0. The van der Waals surface area contributed by atoms with Crippen LogP contribution in [-0.2, 0) is 6.42 Å². The summed E-state index contributed by atoms with van der Waals surface area (Å²) < 4.78 is 0. The van der Waals surface area contributed by atoms with E-state index < -0.39 is 0 Å². The van der Waals surface area contributed by atoms with Crippen molar-refractivity contribution in [2.24, 2.45) is 5.92 Å². The lowest BCUT2D eigenvalue weighted by Crippen LogP contribution is -2.08. The normalized spacial score (nSPS) is 24.1. The molecular weight excluding hydrogens is 260 g/mol. The Bertz CT molecular complexity index is 522. The first-order chi connectivity index (χ1) is 9.83. The highest BCUT2D eigenvalue weighted by Crippen LogP contribution is 2.47. The van der Waals surface area contributed by atoms with E-state index in [9.17, 15) is 0 Å². The van der Waals surface area contributed by atoms with Crippen LogP contribution >= 0.6 is 11.3 Å². The lowest BCUT2D eigenvalue weighted by molar-refractivity contribution is 0.441. The molecule has 0 unspecified atom stereocenters. The monoisotopic (exact) mass is 286 g/mol. The third-order valence-electron chi connectivity index (χ3n) is 5.86. The van der Waals surface area contributed by atoms with Gasteiger partial charge in [0.25, 0.3) is 0 Å². The van der Waals surface area contributed by atoms with Gasteiger partial charge in [0.05, 0.1) is 0 Å². The maximum absolute atomic E-state index is 2.58. The van der Waals surface area contributed by atoms with Crippen molar-refractivity contribution in [2.75, 3.05) is 0 Å². The second-order valence-electron chi connectivity index (χ2n) is 7.13. The Kier molecular flexibility index (Phi) is 3.50. The van der Waals surface area contributed by atoms with Crippen LogP contribution in [0.2, 0.25) is 0 Å². The quantitative estimate of drug-likeness (QED) is 0.604. The van der Waals surface area contributed by atoms with Crippen molar-refractivity contribution in [3.63, 3.8) is 0 Å². The van der Waals surface area contributed by atoms with Gasteiger partial charge in [-0.15, -0.1) is 11.3 Å². The molecule has 20 heavy (non-hydrogen) atoms. The molecule has 0 aromatic carbocycles. The molecule has 1 heterocycles. The molecule has 1 aromatic heterocycles. The molecule has 0 atom stereocenters. The third kappa shape index (κ3) is 2.19. The van der Waals surface area contributed by atoms with E-state index in [-0.39, 0.29) is 0 Å². The van der Waals surface area contributed by atoms with Gasteiger partial charge in [0, 0.05) is 9.75 Å². The largest absolute Gasteiger partial charge is 0.141 e. The minimum atomic E-state index is 0.889. The van der Waals surface area contributed by atoms with Crippen molar-refractivity contribution in [3.05, 3.63) is 26.5 Å². The average molecular weight is 286 g/mol. The van der Waals surface area contributed by atoms with Crippen LogP contribution in [0.3, 0.4) is 0 Å². The predicted molar refractivity (Wildman–Crippen MR) is 88.5 cm³/mol. The summed E-state index contributed by atoms with van der Waals surface area (Å²) in [5, 5.41) is 0. The van der Waals surface area contributed by atoms with Gasteiger partial charge in [-0.2, -0.15) is 0 Å². The number of thiophene rings is 1. The zero-order chi connectivity index (χ0) is 13.5. The lowest BCUT2D eigenvalue weighted by Gasteiger charge is -2.23. The molecule has 0 saturated heterocycles. The summed E-state index contributed by atoms with van der Waals surface area (Å²) in [6, 6.07) is 0. The highest BCUT2D eigenvalue weighted by molar-refractivity contribution is 7.13. The van der Waals surface area contributed by atoms with Crippen LogP contribution in [0.5, 0.6) is 0 Å². The first kappa shape index (κ1) is 13.1. The summed E-state index contributed by atoms with van der Waals surface area (Å²) in [7, 11) is 0. The fraction of sp³-hybridized carbons (Fsp3) is 0.684. The van der Waals surface area contributed by atoms with Crippen molar-refractivity contribution in [1.29, 1.82) is 0 Å². The van der Waals surface area contributed by atoms with Gasteiger partial charge >= 0.3 is 0 Å². The Hall–Kier alpha value is -0.560. The SMILES string of the molecule is Cc1sc2c(c1C1CCCCC1)CC(C1CCCC1)=C2. The highest BCUT2D eigenvalue weighted by Gasteiger charge is 2.30. The molecule has 4 rings (SSSR count). The van der Waals surface area contributed by atoms with E-state index >= 15 is 0 Å². The van der Waals surface area contributed by atoms with Crippen LogP contribution in [-0.4, -0.2) is 0 Å². The number of hydrogen-bond acceptors (Lipinski definition) is 1. The molecule has 1 heteroatoms. The first-order valence-electron chi connectivity index (χ1n) is 8.65. The van der Waals surface area contributed by atoms with Gasteiger partial charge in [-0.1, -0.05) is 37.7 Å². The van der Waals surface area contributed by atoms with E-state index in [4.69, 9.17) is 0 Å². The zero-order valence-corrected chi connectivity index (χ0v) is 13.5. The fourth-order valence-electron chi connectivity index (χ4n) is 4.83. The molecule has 0 radical (unpaired) electrons. The van der Waals surface area contributed by atoms with Crippen LogP contribution in [0.4, 0.5) is 0 Å². The molecule has 3 aliphatic rings. The smallest absolute Gasteiger partial charge is 0.0311 e. The number of allylic oxidation sites excluding steroid dienone is 1. The number of rotatable bonds is 2. The average Bonchev–Trinajstić information content (AvgIpc) is 3.14. The van der Waals surface area contributed by atoms with Crippen molar-refractivity contribution in [2.45, 2.75) is 77.0 Å². The first-order valence-corrected chi connectivity index (χ1v) is 9.47. The van der Waals surface area contributed by atoms with E-state index in [1.807, 2.05) is 0 Å². The van der Waals surface area contributed by atoms with Crippen LogP contribution in [0.15, 0.2) is 5.57 Å². The summed E-state index contributed by atoms with van der Waals surface area (Å²) in [5.74, 6) is 1.81. The molecule has 0 spiro atoms. The van der Waals surface area contributed by atoms with E-state index in [0.717, 1.165) is 11.8 Å². The van der Waals surface area contributed by atoms with Gasteiger partial charge in [0.1, 0.15) is 0 Å². The molecule has 0 bridgehead atoms. The van der Waals surface area contributed by atoms with E-state index in [1.165, 1.54) is 64.2 Å². The Morgan fingerprint density at radius 1 is 0.900 bits per heavy atom. The zero-order valence-electron chi connectivity index (χ0n) is 12.7. The molecule has 0 aliphatic heterocycles. The molecule has 0 amide bonds. The van der Waals surface area contributed by atoms with Crippen molar-refractivity contribution in [3.8, 4) is 0 Å². The molecule has 3 aliphatic carbocycles. The second kappa shape index (κ2) is 5.33. The maximum atomic E-state index is 2.58. The Morgan fingerprint density at radius 3 is 2.30 bits per heavy atom. The number of fused-ring (bicyclic) bond motifs is 1. The molecular formula is C19H26S. The summed E-state index contributed by atoms with van der Waals surface area (Å²) in [5.41, 5.74) is 5.32. The van der Waals surface area contributed by atoms with Crippen LogP contribution in [0.1, 0.15) is 84.6 Å². The second-order valence-corrected chi connectivity index (χ2v) is 8.38. The molecule has 2 fully saturated rings.